The van der Waals surface area contributed by atoms with Crippen molar-refractivity contribution < 1.29 is 14.3 Å². The van der Waals surface area contributed by atoms with Crippen LogP contribution in [0.1, 0.15) is 32.7 Å². The molecule has 0 aliphatic heterocycles. The molecule has 4 rings (SSSR count). The van der Waals surface area contributed by atoms with E-state index in [0.717, 1.165) is 28.9 Å². The number of aromatic nitrogens is 1. The fourth-order valence-electron chi connectivity index (χ4n) is 3.64. The topological polar surface area (TPSA) is 62.7 Å². The molecule has 4 aromatic rings. The molecule has 1 amide bonds. The molecule has 8 heteroatoms. The van der Waals surface area contributed by atoms with E-state index >= 15 is 0 Å². The molecule has 6 nitrogen and oxygen atoms in total. The Morgan fingerprint density at radius 2 is 1.54 bits per heavy atom. The van der Waals surface area contributed by atoms with Crippen LogP contribution in [0.5, 0.6) is 5.75 Å². The van der Waals surface area contributed by atoms with E-state index in [-0.39, 0.29) is 24.1 Å². The number of rotatable bonds is 9. The standard InChI is InChI=1S/C27H27N3O3S.ClH/c1-29(2)16-7-17-30(27-28-23-18-22(33-3)14-15-24(23)34-27)26(32)21-12-10-20(11-13-21)25(31)19-8-5-4-6-9-19;/h4-6,8-15,18H,7,16-17H2,1-3H3;1H. The van der Waals surface area contributed by atoms with Gasteiger partial charge in [-0.15, -0.1) is 12.4 Å². The summed E-state index contributed by atoms with van der Waals surface area (Å²) < 4.78 is 6.30. The highest BCUT2D eigenvalue weighted by Gasteiger charge is 2.22. The lowest BCUT2D eigenvalue weighted by atomic mass is 10.0. The monoisotopic (exact) mass is 509 g/mol. The number of ketones is 1. The highest BCUT2D eigenvalue weighted by molar-refractivity contribution is 7.22. The van der Waals surface area contributed by atoms with Crippen LogP contribution in [-0.2, 0) is 0 Å². The van der Waals surface area contributed by atoms with Crippen molar-refractivity contribution in [3.05, 3.63) is 89.5 Å². The lowest BCUT2D eigenvalue weighted by molar-refractivity contribution is 0.0983. The van der Waals surface area contributed by atoms with Crippen molar-refractivity contribution in [2.45, 2.75) is 6.42 Å². The molecule has 0 fully saturated rings. The molecule has 0 aliphatic rings. The number of nitrogens with zero attached hydrogens (tertiary/aromatic N) is 3. The number of carbonyl (C=O) groups excluding carboxylic acids is 2. The summed E-state index contributed by atoms with van der Waals surface area (Å²) in [5.74, 6) is 0.527. The molecule has 0 aliphatic carbocycles. The summed E-state index contributed by atoms with van der Waals surface area (Å²) in [6.07, 6.45) is 0.808. The zero-order valence-electron chi connectivity index (χ0n) is 19.9. The maximum absolute atomic E-state index is 13.5. The third-order valence-corrected chi connectivity index (χ3v) is 6.54. The maximum Gasteiger partial charge on any atom is 0.260 e. The Hall–Kier alpha value is -3.26. The fourth-order valence-corrected chi connectivity index (χ4v) is 4.61. The third kappa shape index (κ3) is 6.25. The number of carbonyl (C=O) groups is 2. The molecule has 0 bridgehead atoms. The second-order valence-corrected chi connectivity index (χ2v) is 9.23. The first kappa shape index (κ1) is 26.3. The van der Waals surface area contributed by atoms with Gasteiger partial charge in [0.05, 0.1) is 17.3 Å². The average Bonchev–Trinajstić information content (AvgIpc) is 3.29. The lowest BCUT2D eigenvalue weighted by Crippen LogP contribution is -2.33. The zero-order chi connectivity index (χ0) is 24.1. The van der Waals surface area contributed by atoms with Gasteiger partial charge in [-0.3, -0.25) is 14.5 Å². The number of amides is 1. The highest BCUT2D eigenvalue weighted by atomic mass is 35.5. The fraction of sp³-hybridized carbons (Fsp3) is 0.222. The van der Waals surface area contributed by atoms with Gasteiger partial charge >= 0.3 is 0 Å². The number of hydrogen-bond donors (Lipinski definition) is 0. The lowest BCUT2D eigenvalue weighted by Gasteiger charge is -2.21. The minimum atomic E-state index is -0.136. The summed E-state index contributed by atoms with van der Waals surface area (Å²) in [6, 6.07) is 21.7. The molecule has 0 unspecified atom stereocenters. The number of anilines is 1. The number of methoxy groups -OCH3 is 1. The van der Waals surface area contributed by atoms with E-state index in [4.69, 9.17) is 9.72 Å². The predicted molar refractivity (Wildman–Crippen MR) is 145 cm³/mol. The van der Waals surface area contributed by atoms with Crippen LogP contribution in [0.2, 0.25) is 0 Å². The number of ether oxygens (including phenoxy) is 1. The molecule has 182 valence electrons. The molecular weight excluding hydrogens is 482 g/mol. The van der Waals surface area contributed by atoms with E-state index in [9.17, 15) is 9.59 Å². The van der Waals surface area contributed by atoms with Gasteiger partial charge in [0.15, 0.2) is 10.9 Å². The van der Waals surface area contributed by atoms with Crippen LogP contribution in [0.15, 0.2) is 72.8 Å². The molecule has 35 heavy (non-hydrogen) atoms. The van der Waals surface area contributed by atoms with Crippen molar-refractivity contribution in [3.63, 3.8) is 0 Å². The number of benzene rings is 3. The van der Waals surface area contributed by atoms with Crippen LogP contribution < -0.4 is 9.64 Å². The number of hydrogen-bond acceptors (Lipinski definition) is 6. The Kier molecular flexibility index (Phi) is 8.98. The van der Waals surface area contributed by atoms with Crippen LogP contribution in [0, 0.1) is 0 Å². The molecular formula is C27H28ClN3O3S. The smallest absolute Gasteiger partial charge is 0.260 e. The molecule has 0 saturated carbocycles. The van der Waals surface area contributed by atoms with E-state index in [1.807, 2.05) is 50.5 Å². The molecule has 0 atom stereocenters. The molecule has 1 heterocycles. The average molecular weight is 510 g/mol. The van der Waals surface area contributed by atoms with Gasteiger partial charge in [0.25, 0.3) is 5.91 Å². The molecule has 0 saturated heterocycles. The Bertz CT molecular complexity index is 1290. The van der Waals surface area contributed by atoms with Gasteiger partial charge in [-0.25, -0.2) is 4.98 Å². The Balaban J connectivity index is 0.00000342. The van der Waals surface area contributed by atoms with E-state index < -0.39 is 0 Å². The van der Waals surface area contributed by atoms with Crippen molar-refractivity contribution in [2.24, 2.45) is 0 Å². The van der Waals surface area contributed by atoms with Gasteiger partial charge in [0, 0.05) is 29.3 Å². The van der Waals surface area contributed by atoms with Gasteiger partial charge in [-0.05, 0) is 51.3 Å². The number of halogens is 1. The van der Waals surface area contributed by atoms with Gasteiger partial charge in [-0.1, -0.05) is 53.8 Å². The van der Waals surface area contributed by atoms with E-state index in [1.54, 1.807) is 48.4 Å². The SMILES string of the molecule is COc1ccc2sc(N(CCCN(C)C)C(=O)c3ccc(C(=O)c4ccccc4)cc3)nc2c1.Cl. The van der Waals surface area contributed by atoms with E-state index in [2.05, 4.69) is 4.90 Å². The van der Waals surface area contributed by atoms with Gasteiger partial charge in [0.1, 0.15) is 5.75 Å². The van der Waals surface area contributed by atoms with Crippen molar-refractivity contribution in [1.82, 2.24) is 9.88 Å². The first-order valence-electron chi connectivity index (χ1n) is 11.1. The second kappa shape index (κ2) is 11.9. The first-order chi connectivity index (χ1) is 16.5. The Morgan fingerprint density at radius 1 is 0.886 bits per heavy atom. The van der Waals surface area contributed by atoms with Crippen molar-refractivity contribution >= 4 is 50.8 Å². The van der Waals surface area contributed by atoms with Crippen molar-refractivity contribution in [3.8, 4) is 5.75 Å². The van der Waals surface area contributed by atoms with Crippen LogP contribution in [0.4, 0.5) is 5.13 Å². The van der Waals surface area contributed by atoms with Crippen LogP contribution in [-0.4, -0.2) is 55.9 Å². The zero-order valence-corrected chi connectivity index (χ0v) is 21.6. The predicted octanol–water partition coefficient (Wildman–Crippen LogP) is 5.56. The first-order valence-corrected chi connectivity index (χ1v) is 11.9. The third-order valence-electron chi connectivity index (χ3n) is 5.48. The molecule has 0 radical (unpaired) electrons. The molecule has 0 spiro atoms. The Morgan fingerprint density at radius 3 is 2.20 bits per heavy atom. The minimum Gasteiger partial charge on any atom is -0.497 e. The van der Waals surface area contributed by atoms with Gasteiger partial charge in [-0.2, -0.15) is 0 Å². The second-order valence-electron chi connectivity index (χ2n) is 8.22. The number of fused-ring (bicyclic) bond motifs is 1. The largest absolute Gasteiger partial charge is 0.497 e. The summed E-state index contributed by atoms with van der Waals surface area (Å²) in [6.45, 7) is 1.39. The molecule has 1 aromatic heterocycles. The minimum absolute atomic E-state index is 0. The normalized spacial score (nSPS) is 10.7. The summed E-state index contributed by atoms with van der Waals surface area (Å²) in [4.78, 5) is 34.8. The number of thiazole rings is 1. The van der Waals surface area contributed by atoms with Crippen LogP contribution >= 0.6 is 23.7 Å². The summed E-state index contributed by atoms with van der Waals surface area (Å²) in [7, 11) is 5.65. The van der Waals surface area contributed by atoms with Gasteiger partial charge in [0.2, 0.25) is 0 Å². The molecule has 0 N–H and O–H groups in total. The van der Waals surface area contributed by atoms with E-state index in [1.165, 1.54) is 11.3 Å². The highest BCUT2D eigenvalue weighted by Crippen LogP contribution is 2.32. The van der Waals surface area contributed by atoms with Crippen molar-refractivity contribution in [2.75, 3.05) is 39.2 Å². The van der Waals surface area contributed by atoms with Gasteiger partial charge < -0.3 is 9.64 Å². The van der Waals surface area contributed by atoms with E-state index in [0.29, 0.717) is 28.4 Å². The van der Waals surface area contributed by atoms with Crippen LogP contribution in [0.25, 0.3) is 10.2 Å². The molecule has 3 aromatic carbocycles. The van der Waals surface area contributed by atoms with Crippen molar-refractivity contribution in [1.29, 1.82) is 0 Å². The maximum atomic E-state index is 13.5. The quantitative estimate of drug-likeness (QED) is 0.276. The summed E-state index contributed by atoms with van der Waals surface area (Å²) in [5.41, 5.74) is 2.49. The summed E-state index contributed by atoms with van der Waals surface area (Å²) >= 11 is 1.48. The van der Waals surface area contributed by atoms with Crippen LogP contribution in [0.3, 0.4) is 0 Å². The summed E-state index contributed by atoms with van der Waals surface area (Å²) in [5, 5.41) is 0.649. The Labute approximate surface area is 215 Å².